The summed E-state index contributed by atoms with van der Waals surface area (Å²) >= 11 is 0. The smallest absolute Gasteiger partial charge is 0.342 e. The second kappa shape index (κ2) is 7.79. The molecule has 0 aliphatic carbocycles. The van der Waals surface area contributed by atoms with Crippen LogP contribution in [0, 0.1) is 0 Å². The van der Waals surface area contributed by atoms with Gasteiger partial charge in [-0.2, -0.15) is 4.98 Å². The van der Waals surface area contributed by atoms with Gasteiger partial charge in [-0.1, -0.05) is 30.3 Å². The molecule has 1 aliphatic rings. The Morgan fingerprint density at radius 1 is 1.24 bits per heavy atom. The summed E-state index contributed by atoms with van der Waals surface area (Å²) in [6.07, 6.45) is 2.18. The zero-order valence-corrected chi connectivity index (χ0v) is 16.2. The molecule has 0 saturated heterocycles. The second-order valence-electron chi connectivity index (χ2n) is 6.89. The fourth-order valence-electron chi connectivity index (χ4n) is 3.51. The van der Waals surface area contributed by atoms with E-state index in [9.17, 15) is 9.90 Å². The van der Waals surface area contributed by atoms with Gasteiger partial charge < -0.3 is 19.5 Å². The maximum absolute atomic E-state index is 11.6. The van der Waals surface area contributed by atoms with E-state index in [-0.39, 0.29) is 24.1 Å². The number of rotatable bonds is 6. The fraction of sp³-hybridized carbons (Fsp3) is 0.227. The molecule has 3 aromatic rings. The molecule has 0 spiro atoms. The van der Waals surface area contributed by atoms with Crippen molar-refractivity contribution in [3.8, 4) is 11.6 Å². The lowest BCUT2D eigenvalue weighted by Gasteiger charge is -2.23. The molecule has 29 heavy (non-hydrogen) atoms. The van der Waals surface area contributed by atoms with Crippen LogP contribution < -0.4 is 14.4 Å². The van der Waals surface area contributed by atoms with Gasteiger partial charge >= 0.3 is 5.97 Å². The molecule has 1 unspecified atom stereocenters. The molecular weight excluding hydrogens is 370 g/mol. The van der Waals surface area contributed by atoms with Crippen molar-refractivity contribution in [2.45, 2.75) is 26.0 Å². The molecule has 0 bridgehead atoms. The van der Waals surface area contributed by atoms with E-state index in [2.05, 4.69) is 23.0 Å². The normalized spacial score (nSPS) is 15.1. The Balaban J connectivity index is 1.65. The first-order chi connectivity index (χ1) is 14.1. The molecule has 1 N–H and O–H groups in total. The van der Waals surface area contributed by atoms with Crippen LogP contribution in [0.25, 0.3) is 0 Å². The van der Waals surface area contributed by atoms with Gasteiger partial charge in [0.25, 0.3) is 0 Å². The van der Waals surface area contributed by atoms with Crippen LogP contribution in [-0.2, 0) is 13.0 Å². The predicted molar refractivity (Wildman–Crippen MR) is 108 cm³/mol. The molecule has 0 amide bonds. The lowest BCUT2D eigenvalue weighted by Crippen LogP contribution is -2.26. The molecule has 2 aromatic carbocycles. The summed E-state index contributed by atoms with van der Waals surface area (Å²) in [5.41, 5.74) is 3.02. The van der Waals surface area contributed by atoms with Crippen LogP contribution in [0.15, 0.2) is 54.7 Å². The van der Waals surface area contributed by atoms with Gasteiger partial charge in [0, 0.05) is 11.7 Å². The number of fused-ring (bicyclic) bond motifs is 1. The minimum atomic E-state index is -1.13. The zero-order valence-electron chi connectivity index (χ0n) is 16.2. The minimum absolute atomic E-state index is 0.0434. The molecule has 4 rings (SSSR count). The van der Waals surface area contributed by atoms with Crippen molar-refractivity contribution in [2.24, 2.45) is 0 Å². The molecular formula is C22H21N3O4. The number of hydrogen-bond acceptors (Lipinski definition) is 6. The van der Waals surface area contributed by atoms with E-state index >= 15 is 0 Å². The molecule has 2 heterocycles. The molecule has 7 heteroatoms. The molecule has 148 valence electrons. The van der Waals surface area contributed by atoms with Crippen molar-refractivity contribution in [1.82, 2.24) is 9.97 Å². The van der Waals surface area contributed by atoms with Crippen LogP contribution in [-0.4, -0.2) is 34.2 Å². The molecule has 0 radical (unpaired) electrons. The summed E-state index contributed by atoms with van der Waals surface area (Å²) in [6, 6.07) is 15.6. The summed E-state index contributed by atoms with van der Waals surface area (Å²) in [4.78, 5) is 22.4. The monoisotopic (exact) mass is 391 g/mol. The number of aromatic carboxylic acids is 1. The van der Waals surface area contributed by atoms with Crippen molar-refractivity contribution in [2.75, 3.05) is 12.0 Å². The molecule has 0 fully saturated rings. The molecule has 0 saturated carbocycles. The number of hydrogen-bond donors (Lipinski definition) is 1. The van der Waals surface area contributed by atoms with Gasteiger partial charge in [0.1, 0.15) is 17.9 Å². The Labute approximate surface area is 168 Å². The Morgan fingerprint density at radius 2 is 2.07 bits per heavy atom. The van der Waals surface area contributed by atoms with E-state index in [4.69, 9.17) is 9.47 Å². The molecule has 1 aromatic heterocycles. The first-order valence-electron chi connectivity index (χ1n) is 9.30. The highest BCUT2D eigenvalue weighted by Crippen LogP contribution is 2.37. The van der Waals surface area contributed by atoms with E-state index < -0.39 is 5.97 Å². The number of para-hydroxylation sites is 1. The number of methoxy groups -OCH3 is 1. The molecule has 7 nitrogen and oxygen atoms in total. The third-order valence-corrected chi connectivity index (χ3v) is 4.90. The van der Waals surface area contributed by atoms with Crippen molar-refractivity contribution in [3.63, 3.8) is 0 Å². The average molecular weight is 391 g/mol. The number of nitrogens with zero attached hydrogens (tertiary/aromatic N) is 3. The second-order valence-corrected chi connectivity index (χ2v) is 6.89. The fourth-order valence-corrected chi connectivity index (χ4v) is 3.51. The van der Waals surface area contributed by atoms with Crippen molar-refractivity contribution < 1.29 is 19.4 Å². The predicted octanol–water partition coefficient (Wildman–Crippen LogP) is 3.85. The highest BCUT2D eigenvalue weighted by molar-refractivity contribution is 5.90. The summed E-state index contributed by atoms with van der Waals surface area (Å²) in [5, 5.41) is 9.52. The van der Waals surface area contributed by atoms with Crippen LogP contribution in [0.1, 0.15) is 28.4 Å². The van der Waals surface area contributed by atoms with E-state index in [0.29, 0.717) is 11.7 Å². The number of anilines is 2. The summed E-state index contributed by atoms with van der Waals surface area (Å²) in [5.74, 6) is 0.0393. The Bertz CT molecular complexity index is 1050. The maximum Gasteiger partial charge on any atom is 0.342 e. The number of carbonyl (C=O) groups is 1. The van der Waals surface area contributed by atoms with Crippen LogP contribution in [0.4, 0.5) is 11.6 Å². The first kappa shape index (κ1) is 18.7. The van der Waals surface area contributed by atoms with Gasteiger partial charge in [0.2, 0.25) is 11.8 Å². The highest BCUT2D eigenvalue weighted by atomic mass is 16.5. The maximum atomic E-state index is 11.6. The topological polar surface area (TPSA) is 84.8 Å². The van der Waals surface area contributed by atoms with E-state index in [1.165, 1.54) is 11.8 Å². The van der Waals surface area contributed by atoms with Gasteiger partial charge in [0.15, 0.2) is 0 Å². The minimum Gasteiger partial charge on any atom is -0.497 e. The van der Waals surface area contributed by atoms with Crippen LogP contribution >= 0.6 is 0 Å². The van der Waals surface area contributed by atoms with E-state index in [1.807, 2.05) is 47.4 Å². The van der Waals surface area contributed by atoms with Crippen LogP contribution in [0.2, 0.25) is 0 Å². The van der Waals surface area contributed by atoms with E-state index in [0.717, 1.165) is 17.7 Å². The lowest BCUT2D eigenvalue weighted by atomic mass is 10.1. The van der Waals surface area contributed by atoms with Gasteiger partial charge in [-0.05, 0) is 42.7 Å². The Kier molecular flexibility index (Phi) is 5.03. The standard InChI is InChI=1S/C22H21N3O4/c1-14-10-16-7-3-4-9-19(16)25(14)22-23-12-18(21(26)27)20(24-22)29-13-15-6-5-8-17(11-15)28-2/h3-9,11-12,14H,10,13H2,1-2H3,(H,26,27). The largest absolute Gasteiger partial charge is 0.497 e. The van der Waals surface area contributed by atoms with Gasteiger partial charge in [-0.25, -0.2) is 9.78 Å². The SMILES string of the molecule is COc1cccc(COc2nc(N3c4ccccc4CC3C)ncc2C(=O)O)c1. The Morgan fingerprint density at radius 3 is 2.86 bits per heavy atom. The van der Waals surface area contributed by atoms with Crippen LogP contribution in [0.3, 0.4) is 0 Å². The quantitative estimate of drug-likeness (QED) is 0.683. The van der Waals surface area contributed by atoms with Crippen molar-refractivity contribution in [3.05, 3.63) is 71.4 Å². The molecule has 1 aliphatic heterocycles. The van der Waals surface area contributed by atoms with Crippen molar-refractivity contribution >= 4 is 17.6 Å². The van der Waals surface area contributed by atoms with Gasteiger partial charge in [-0.15, -0.1) is 0 Å². The first-order valence-corrected chi connectivity index (χ1v) is 9.30. The summed E-state index contributed by atoms with van der Waals surface area (Å²) in [6.45, 7) is 2.26. The third-order valence-electron chi connectivity index (χ3n) is 4.90. The van der Waals surface area contributed by atoms with Gasteiger partial charge in [-0.3, -0.25) is 0 Å². The number of ether oxygens (including phenoxy) is 2. The summed E-state index contributed by atoms with van der Waals surface area (Å²) in [7, 11) is 1.59. The van der Waals surface area contributed by atoms with E-state index in [1.54, 1.807) is 7.11 Å². The zero-order chi connectivity index (χ0) is 20.4. The van der Waals surface area contributed by atoms with Crippen LogP contribution in [0.5, 0.6) is 11.6 Å². The average Bonchev–Trinajstić information content (AvgIpc) is 3.07. The Hall–Kier alpha value is -3.61. The van der Waals surface area contributed by atoms with Gasteiger partial charge in [0.05, 0.1) is 13.3 Å². The highest BCUT2D eigenvalue weighted by Gasteiger charge is 2.30. The number of carboxylic acids is 1. The molecule has 1 atom stereocenters. The number of carboxylic acid groups (broad SMARTS) is 1. The third kappa shape index (κ3) is 3.71. The number of benzene rings is 2. The lowest BCUT2D eigenvalue weighted by molar-refractivity contribution is 0.0690. The van der Waals surface area contributed by atoms with Crippen molar-refractivity contribution in [1.29, 1.82) is 0 Å². The number of aromatic nitrogens is 2. The summed E-state index contributed by atoms with van der Waals surface area (Å²) < 4.78 is 11.0.